The van der Waals surface area contributed by atoms with Gasteiger partial charge in [-0.05, 0) is 47.9 Å². The maximum Gasteiger partial charge on any atom is 0.0349 e. The predicted molar refractivity (Wildman–Crippen MR) is 83.5 cm³/mol. The summed E-state index contributed by atoms with van der Waals surface area (Å²) in [6.07, 6.45) is 2.71. The molecule has 18 heavy (non-hydrogen) atoms. The lowest BCUT2D eigenvalue weighted by atomic mass is 9.99. The molecule has 0 amide bonds. The van der Waals surface area contributed by atoms with E-state index in [-0.39, 0.29) is 0 Å². The van der Waals surface area contributed by atoms with E-state index in [4.69, 9.17) is 0 Å². The monoisotopic (exact) mass is 323 g/mol. The normalized spacial score (nSPS) is 15.8. The Morgan fingerprint density at radius 1 is 1.39 bits per heavy atom. The molecule has 0 radical (unpaired) electrons. The zero-order chi connectivity index (χ0) is 12.7. The molecule has 0 saturated heterocycles. The molecule has 0 atom stereocenters. The lowest BCUT2D eigenvalue weighted by Gasteiger charge is -2.09. The first-order valence-electron chi connectivity index (χ1n) is 6.59. The Labute approximate surface area is 121 Å². The summed E-state index contributed by atoms with van der Waals surface area (Å²) < 4.78 is 2.59. The van der Waals surface area contributed by atoms with E-state index in [1.165, 1.54) is 37.8 Å². The molecular weight excluding hydrogens is 306 g/mol. The fourth-order valence-electron chi connectivity index (χ4n) is 2.43. The van der Waals surface area contributed by atoms with Gasteiger partial charge in [-0.2, -0.15) is 0 Å². The largest absolute Gasteiger partial charge is 0.309 e. The van der Waals surface area contributed by atoms with Crippen LogP contribution in [0, 0.1) is 0 Å². The van der Waals surface area contributed by atoms with Gasteiger partial charge in [0.1, 0.15) is 0 Å². The standard InChI is InChI=1S/C15H18BrNS/c1-9(2)15-12-7-10(16)3-6-13(12)18-14(15)8-17-11-4-5-11/h3,6-7,9,11,17H,4-5,8H2,1-2H3. The molecule has 1 heterocycles. The van der Waals surface area contributed by atoms with Gasteiger partial charge in [0.2, 0.25) is 0 Å². The van der Waals surface area contributed by atoms with Crippen LogP contribution in [0.4, 0.5) is 0 Å². The summed E-state index contributed by atoms with van der Waals surface area (Å²) in [5, 5.41) is 5.07. The van der Waals surface area contributed by atoms with Crippen LogP contribution in [0.15, 0.2) is 22.7 Å². The molecule has 0 aliphatic heterocycles. The first kappa shape index (κ1) is 12.6. The molecule has 0 unspecified atom stereocenters. The van der Waals surface area contributed by atoms with Crippen molar-refractivity contribution in [2.75, 3.05) is 0 Å². The molecular formula is C15H18BrNS. The second-order valence-corrected chi connectivity index (χ2v) is 7.44. The lowest BCUT2D eigenvalue weighted by Crippen LogP contribution is -2.15. The number of hydrogen-bond donors (Lipinski definition) is 1. The van der Waals surface area contributed by atoms with Gasteiger partial charge < -0.3 is 5.32 Å². The van der Waals surface area contributed by atoms with Crippen molar-refractivity contribution >= 4 is 37.4 Å². The molecule has 0 bridgehead atoms. The molecule has 96 valence electrons. The predicted octanol–water partition coefficient (Wildman–Crippen LogP) is 5.04. The third-order valence-corrected chi connectivity index (χ3v) is 5.15. The summed E-state index contributed by atoms with van der Waals surface area (Å²) in [7, 11) is 0. The molecule has 1 N–H and O–H groups in total. The Morgan fingerprint density at radius 3 is 2.83 bits per heavy atom. The number of nitrogens with one attached hydrogen (secondary N) is 1. The van der Waals surface area contributed by atoms with E-state index < -0.39 is 0 Å². The Morgan fingerprint density at radius 2 is 2.17 bits per heavy atom. The third kappa shape index (κ3) is 2.49. The Balaban J connectivity index is 2.02. The van der Waals surface area contributed by atoms with E-state index in [2.05, 4.69) is 53.3 Å². The minimum absolute atomic E-state index is 0.587. The molecule has 0 spiro atoms. The van der Waals surface area contributed by atoms with Crippen LogP contribution < -0.4 is 5.32 Å². The average Bonchev–Trinajstić information content (AvgIpc) is 3.07. The summed E-state index contributed by atoms with van der Waals surface area (Å²) in [5.74, 6) is 0.587. The van der Waals surface area contributed by atoms with E-state index >= 15 is 0 Å². The molecule has 1 nitrogen and oxygen atoms in total. The number of halogens is 1. The molecule has 3 rings (SSSR count). The van der Waals surface area contributed by atoms with Crippen molar-refractivity contribution in [2.24, 2.45) is 0 Å². The van der Waals surface area contributed by atoms with Crippen molar-refractivity contribution in [3.8, 4) is 0 Å². The smallest absolute Gasteiger partial charge is 0.0349 e. The molecule has 1 aliphatic carbocycles. The van der Waals surface area contributed by atoms with Gasteiger partial charge in [0, 0.05) is 26.6 Å². The molecule has 1 aromatic carbocycles. The van der Waals surface area contributed by atoms with Crippen LogP contribution in [-0.2, 0) is 6.54 Å². The van der Waals surface area contributed by atoms with Crippen LogP contribution in [0.3, 0.4) is 0 Å². The zero-order valence-electron chi connectivity index (χ0n) is 10.8. The molecule has 1 aromatic heterocycles. The molecule has 1 saturated carbocycles. The van der Waals surface area contributed by atoms with E-state index in [1.54, 1.807) is 0 Å². The van der Waals surface area contributed by atoms with Gasteiger partial charge in [0.25, 0.3) is 0 Å². The van der Waals surface area contributed by atoms with Gasteiger partial charge in [-0.3, -0.25) is 0 Å². The Hall–Kier alpha value is -0.380. The second-order valence-electron chi connectivity index (χ2n) is 5.39. The highest BCUT2D eigenvalue weighted by Crippen LogP contribution is 2.37. The molecule has 1 fully saturated rings. The van der Waals surface area contributed by atoms with Crippen molar-refractivity contribution in [1.82, 2.24) is 5.32 Å². The van der Waals surface area contributed by atoms with Crippen LogP contribution in [0.5, 0.6) is 0 Å². The van der Waals surface area contributed by atoms with Crippen molar-refractivity contribution in [3.63, 3.8) is 0 Å². The highest BCUT2D eigenvalue weighted by Gasteiger charge is 2.22. The topological polar surface area (TPSA) is 12.0 Å². The molecule has 1 aliphatic rings. The third-order valence-electron chi connectivity index (χ3n) is 3.47. The maximum absolute atomic E-state index is 3.64. The lowest BCUT2D eigenvalue weighted by molar-refractivity contribution is 0.686. The number of fused-ring (bicyclic) bond motifs is 1. The van der Waals surface area contributed by atoms with Gasteiger partial charge >= 0.3 is 0 Å². The van der Waals surface area contributed by atoms with Gasteiger partial charge in [-0.15, -0.1) is 11.3 Å². The minimum atomic E-state index is 0.587. The quantitative estimate of drug-likeness (QED) is 0.831. The maximum atomic E-state index is 3.64. The van der Waals surface area contributed by atoms with Gasteiger partial charge in [-0.25, -0.2) is 0 Å². The molecule has 2 aromatic rings. The highest BCUT2D eigenvalue weighted by molar-refractivity contribution is 9.10. The van der Waals surface area contributed by atoms with Crippen molar-refractivity contribution in [3.05, 3.63) is 33.1 Å². The van der Waals surface area contributed by atoms with Crippen molar-refractivity contribution < 1.29 is 0 Å². The van der Waals surface area contributed by atoms with Gasteiger partial charge in [-0.1, -0.05) is 29.8 Å². The SMILES string of the molecule is CC(C)c1c(CNC2CC2)sc2ccc(Br)cc12. The summed E-state index contributed by atoms with van der Waals surface area (Å²) in [4.78, 5) is 1.52. The van der Waals surface area contributed by atoms with Crippen molar-refractivity contribution in [2.45, 2.75) is 45.2 Å². The minimum Gasteiger partial charge on any atom is -0.309 e. The number of benzene rings is 1. The van der Waals surface area contributed by atoms with Gasteiger partial charge in [0.15, 0.2) is 0 Å². The summed E-state index contributed by atoms with van der Waals surface area (Å²) in [5.41, 5.74) is 1.53. The van der Waals surface area contributed by atoms with E-state index in [9.17, 15) is 0 Å². The number of hydrogen-bond acceptors (Lipinski definition) is 2. The van der Waals surface area contributed by atoms with Crippen LogP contribution in [-0.4, -0.2) is 6.04 Å². The van der Waals surface area contributed by atoms with Crippen LogP contribution in [0.25, 0.3) is 10.1 Å². The molecule has 3 heteroatoms. The zero-order valence-corrected chi connectivity index (χ0v) is 13.2. The average molecular weight is 324 g/mol. The second kappa shape index (κ2) is 4.95. The highest BCUT2D eigenvalue weighted by atomic mass is 79.9. The first-order valence-corrected chi connectivity index (χ1v) is 8.20. The van der Waals surface area contributed by atoms with Crippen LogP contribution in [0.2, 0.25) is 0 Å². The van der Waals surface area contributed by atoms with E-state index in [0.717, 1.165) is 12.6 Å². The summed E-state index contributed by atoms with van der Waals surface area (Å²) in [6, 6.07) is 7.42. The Bertz CT molecular complexity index is 569. The summed E-state index contributed by atoms with van der Waals surface area (Å²) >= 11 is 5.53. The Kier molecular flexibility index (Phi) is 3.48. The number of thiophene rings is 1. The van der Waals surface area contributed by atoms with Crippen LogP contribution >= 0.6 is 27.3 Å². The number of rotatable bonds is 4. The van der Waals surface area contributed by atoms with Gasteiger partial charge in [0.05, 0.1) is 0 Å². The fraction of sp³-hybridized carbons (Fsp3) is 0.467. The fourth-order valence-corrected chi connectivity index (χ4v) is 4.08. The summed E-state index contributed by atoms with van der Waals surface area (Å²) in [6.45, 7) is 5.63. The van der Waals surface area contributed by atoms with E-state index in [1.807, 2.05) is 11.3 Å². The first-order chi connectivity index (χ1) is 8.65. The van der Waals surface area contributed by atoms with Crippen molar-refractivity contribution in [1.29, 1.82) is 0 Å². The van der Waals surface area contributed by atoms with E-state index in [0.29, 0.717) is 5.92 Å². The van der Waals surface area contributed by atoms with Crippen LogP contribution in [0.1, 0.15) is 43.0 Å².